The molecule has 1 saturated carbocycles. The number of nitrogens with one attached hydrogen (secondary N) is 1. The van der Waals surface area contributed by atoms with Crippen LogP contribution in [0, 0.1) is 5.82 Å². The zero-order valence-corrected chi connectivity index (χ0v) is 15.9. The van der Waals surface area contributed by atoms with Crippen LogP contribution in [0.4, 0.5) is 4.39 Å². The van der Waals surface area contributed by atoms with Gasteiger partial charge in [-0.3, -0.25) is 14.9 Å². The van der Waals surface area contributed by atoms with E-state index in [9.17, 15) is 19.1 Å². The van der Waals surface area contributed by atoms with Gasteiger partial charge in [0.25, 0.3) is 0 Å². The molecule has 2 aromatic rings. The van der Waals surface area contributed by atoms with Crippen LogP contribution in [0.1, 0.15) is 65.9 Å². The third-order valence-electron chi connectivity index (χ3n) is 5.46. The van der Waals surface area contributed by atoms with Gasteiger partial charge in [-0.05, 0) is 42.0 Å². The van der Waals surface area contributed by atoms with Crippen molar-refractivity contribution in [2.45, 2.75) is 57.0 Å². The minimum atomic E-state index is -1.07. The Kier molecular flexibility index (Phi) is 6.93. The van der Waals surface area contributed by atoms with E-state index in [1.807, 2.05) is 24.3 Å². The van der Waals surface area contributed by atoms with E-state index >= 15 is 0 Å². The highest BCUT2D eigenvalue weighted by Crippen LogP contribution is 2.32. The lowest BCUT2D eigenvalue weighted by molar-refractivity contribution is -0.139. The number of rotatable bonds is 8. The highest BCUT2D eigenvalue weighted by Gasteiger charge is 2.22. The van der Waals surface area contributed by atoms with Crippen molar-refractivity contribution in [1.29, 1.82) is 0 Å². The fourth-order valence-corrected chi connectivity index (χ4v) is 3.77. The third kappa shape index (κ3) is 5.49. The first-order chi connectivity index (χ1) is 13.5. The molecule has 0 saturated heterocycles. The summed E-state index contributed by atoms with van der Waals surface area (Å²) in [6.45, 7) is 0.255. The predicted molar refractivity (Wildman–Crippen MR) is 106 cm³/mol. The number of carbonyl (C=O) groups is 2. The van der Waals surface area contributed by atoms with Crippen molar-refractivity contribution in [1.82, 2.24) is 5.32 Å². The van der Waals surface area contributed by atoms with Crippen LogP contribution in [-0.4, -0.2) is 22.9 Å². The summed E-state index contributed by atoms with van der Waals surface area (Å²) >= 11 is 0. The van der Waals surface area contributed by atoms with Crippen LogP contribution < -0.4 is 5.32 Å². The van der Waals surface area contributed by atoms with Crippen LogP contribution in [0.15, 0.2) is 48.5 Å². The molecule has 2 aromatic carbocycles. The molecule has 1 fully saturated rings. The van der Waals surface area contributed by atoms with Gasteiger partial charge in [0.05, 0.1) is 0 Å². The quantitative estimate of drug-likeness (QED) is 0.649. The van der Waals surface area contributed by atoms with Crippen molar-refractivity contribution < 1.29 is 19.1 Å². The van der Waals surface area contributed by atoms with Crippen LogP contribution >= 0.6 is 0 Å². The Balaban J connectivity index is 1.58. The lowest BCUT2D eigenvalue weighted by atomic mass is 9.84. The maximum atomic E-state index is 13.0. The molecule has 0 radical (unpaired) electrons. The fourth-order valence-electron chi connectivity index (χ4n) is 3.77. The molecule has 1 aliphatic carbocycles. The number of aliphatic carboxylic acids is 1. The number of carboxylic acids is 1. The first kappa shape index (κ1) is 20.2. The van der Waals surface area contributed by atoms with Crippen LogP contribution in [0.3, 0.4) is 0 Å². The topological polar surface area (TPSA) is 66.4 Å². The van der Waals surface area contributed by atoms with E-state index in [2.05, 4.69) is 5.32 Å². The molecule has 2 N–H and O–H groups in total. The molecule has 1 atom stereocenters. The zero-order valence-electron chi connectivity index (χ0n) is 15.9. The first-order valence-electron chi connectivity index (χ1n) is 9.87. The summed E-state index contributed by atoms with van der Waals surface area (Å²) in [7, 11) is 0. The summed E-state index contributed by atoms with van der Waals surface area (Å²) in [6, 6.07) is 12.5. The summed E-state index contributed by atoms with van der Waals surface area (Å²) in [5.41, 5.74) is 2.56. The third-order valence-corrected chi connectivity index (χ3v) is 5.46. The molecule has 0 heterocycles. The van der Waals surface area contributed by atoms with Gasteiger partial charge in [0.2, 0.25) is 0 Å². The molecule has 0 aliphatic heterocycles. The highest BCUT2D eigenvalue weighted by atomic mass is 19.1. The molecule has 0 amide bonds. The van der Waals surface area contributed by atoms with E-state index in [4.69, 9.17) is 0 Å². The van der Waals surface area contributed by atoms with Gasteiger partial charge in [0.15, 0.2) is 5.78 Å². The van der Waals surface area contributed by atoms with Crippen LogP contribution in [-0.2, 0) is 11.3 Å². The molecular formula is C23H26FNO3. The van der Waals surface area contributed by atoms with Crippen molar-refractivity contribution in [2.24, 2.45) is 0 Å². The van der Waals surface area contributed by atoms with Crippen molar-refractivity contribution in [2.75, 3.05) is 0 Å². The highest BCUT2D eigenvalue weighted by molar-refractivity contribution is 5.98. The van der Waals surface area contributed by atoms with E-state index in [0.29, 0.717) is 11.5 Å². The Morgan fingerprint density at radius 2 is 1.64 bits per heavy atom. The molecule has 4 nitrogen and oxygen atoms in total. The number of benzene rings is 2. The summed E-state index contributed by atoms with van der Waals surface area (Å²) in [6.07, 6.45) is 6.08. The second-order valence-corrected chi connectivity index (χ2v) is 7.48. The van der Waals surface area contributed by atoms with Crippen LogP contribution in [0.5, 0.6) is 0 Å². The molecule has 0 bridgehead atoms. The van der Waals surface area contributed by atoms with Crippen molar-refractivity contribution in [3.05, 3.63) is 71.0 Å². The Morgan fingerprint density at radius 3 is 2.25 bits per heavy atom. The molecule has 1 aliphatic rings. The second kappa shape index (κ2) is 9.60. The Labute approximate surface area is 164 Å². The van der Waals surface area contributed by atoms with Crippen LogP contribution in [0.25, 0.3) is 0 Å². The Hall–Kier alpha value is -2.53. The van der Waals surface area contributed by atoms with E-state index < -0.39 is 12.0 Å². The molecule has 148 valence electrons. The molecule has 0 spiro atoms. The number of halogens is 1. The molecule has 3 rings (SSSR count). The number of hydrogen-bond donors (Lipinski definition) is 2. The maximum Gasteiger partial charge on any atom is 0.321 e. The van der Waals surface area contributed by atoms with Gasteiger partial charge in [-0.15, -0.1) is 0 Å². The zero-order chi connectivity index (χ0) is 19.9. The molecule has 0 unspecified atom stereocenters. The Bertz CT molecular complexity index is 796. The summed E-state index contributed by atoms with van der Waals surface area (Å²) in [5, 5.41) is 12.3. The van der Waals surface area contributed by atoms with Gasteiger partial charge < -0.3 is 5.11 Å². The monoisotopic (exact) mass is 383 g/mol. The standard InChI is InChI=1S/C23H26FNO3/c24-20-12-6-16(7-13-20)15-25-21(23(27)28)14-22(26)19-10-8-18(9-11-19)17-4-2-1-3-5-17/h6-13,17,21,25H,1-5,14-15H2,(H,27,28)/t21-/m0/s1. The van der Waals surface area contributed by atoms with Crippen molar-refractivity contribution in [3.8, 4) is 0 Å². The number of ketones is 1. The van der Waals surface area contributed by atoms with Gasteiger partial charge in [-0.1, -0.05) is 55.7 Å². The number of carboxylic acid groups (broad SMARTS) is 1. The average Bonchev–Trinajstić information content (AvgIpc) is 2.72. The number of hydrogen-bond acceptors (Lipinski definition) is 3. The lowest BCUT2D eigenvalue weighted by Gasteiger charge is -2.22. The molecule has 28 heavy (non-hydrogen) atoms. The lowest BCUT2D eigenvalue weighted by Crippen LogP contribution is -2.38. The van der Waals surface area contributed by atoms with E-state index in [0.717, 1.165) is 5.56 Å². The van der Waals surface area contributed by atoms with Gasteiger partial charge in [0.1, 0.15) is 11.9 Å². The largest absolute Gasteiger partial charge is 0.480 e. The first-order valence-corrected chi connectivity index (χ1v) is 9.87. The SMILES string of the molecule is O=C(C[C@H](NCc1ccc(F)cc1)C(=O)O)c1ccc(C2CCCCC2)cc1. The van der Waals surface area contributed by atoms with Crippen molar-refractivity contribution >= 4 is 11.8 Å². The van der Waals surface area contributed by atoms with Crippen molar-refractivity contribution in [3.63, 3.8) is 0 Å². The van der Waals surface area contributed by atoms with Gasteiger partial charge >= 0.3 is 5.97 Å². The van der Waals surface area contributed by atoms with E-state index in [1.54, 1.807) is 12.1 Å². The average molecular weight is 383 g/mol. The second-order valence-electron chi connectivity index (χ2n) is 7.48. The predicted octanol–water partition coefficient (Wildman–Crippen LogP) is 4.69. The maximum absolute atomic E-state index is 13.0. The number of Topliss-reactive ketones (excluding diaryl/α,β-unsaturated/α-hetero) is 1. The van der Waals surface area contributed by atoms with Gasteiger partial charge in [0, 0.05) is 18.5 Å². The minimum Gasteiger partial charge on any atom is -0.480 e. The Morgan fingerprint density at radius 1 is 1.00 bits per heavy atom. The van der Waals surface area contributed by atoms with E-state index in [1.165, 1.54) is 49.8 Å². The minimum absolute atomic E-state index is 0.126. The summed E-state index contributed by atoms with van der Waals surface area (Å²) < 4.78 is 13.0. The van der Waals surface area contributed by atoms with Crippen LogP contribution in [0.2, 0.25) is 0 Å². The summed E-state index contributed by atoms with van der Waals surface area (Å²) in [5.74, 6) is -1.05. The number of carbonyl (C=O) groups excluding carboxylic acids is 1. The van der Waals surface area contributed by atoms with E-state index in [-0.39, 0.29) is 24.6 Å². The van der Waals surface area contributed by atoms with Gasteiger partial charge in [-0.25, -0.2) is 4.39 Å². The van der Waals surface area contributed by atoms with Gasteiger partial charge in [-0.2, -0.15) is 0 Å². The smallest absolute Gasteiger partial charge is 0.321 e. The normalized spacial score (nSPS) is 15.9. The molecule has 0 aromatic heterocycles. The summed E-state index contributed by atoms with van der Waals surface area (Å²) in [4.78, 5) is 24.1. The molecular weight excluding hydrogens is 357 g/mol. The molecule has 5 heteroatoms. The fraction of sp³-hybridized carbons (Fsp3) is 0.391.